The van der Waals surface area contributed by atoms with Crippen molar-refractivity contribution in [1.29, 1.82) is 0 Å². The highest BCUT2D eigenvalue weighted by Crippen LogP contribution is 2.29. The SMILES string of the molecule is CC1(C)CCCN(Cc2ccccc2C#CCN)C1. The van der Waals surface area contributed by atoms with Crippen LogP contribution in [0.5, 0.6) is 0 Å². The van der Waals surface area contributed by atoms with E-state index in [1.54, 1.807) is 0 Å². The highest BCUT2D eigenvalue weighted by atomic mass is 15.1. The Labute approximate surface area is 117 Å². The molecule has 102 valence electrons. The first-order valence-corrected chi connectivity index (χ1v) is 7.10. The summed E-state index contributed by atoms with van der Waals surface area (Å²) in [6.07, 6.45) is 2.63. The second-order valence-electron chi connectivity index (χ2n) is 6.14. The number of hydrogen-bond acceptors (Lipinski definition) is 2. The normalized spacial score (nSPS) is 18.7. The molecule has 1 aliphatic heterocycles. The van der Waals surface area contributed by atoms with Crippen molar-refractivity contribution in [2.24, 2.45) is 11.1 Å². The first kappa shape index (κ1) is 14.1. The van der Waals surface area contributed by atoms with Crippen molar-refractivity contribution in [3.63, 3.8) is 0 Å². The Balaban J connectivity index is 2.10. The third-order valence-corrected chi connectivity index (χ3v) is 3.72. The van der Waals surface area contributed by atoms with Gasteiger partial charge in [-0.3, -0.25) is 4.90 Å². The van der Waals surface area contributed by atoms with E-state index >= 15 is 0 Å². The quantitative estimate of drug-likeness (QED) is 0.824. The van der Waals surface area contributed by atoms with E-state index in [1.807, 2.05) is 6.07 Å². The van der Waals surface area contributed by atoms with Crippen molar-refractivity contribution < 1.29 is 0 Å². The van der Waals surface area contributed by atoms with Crippen molar-refractivity contribution in [3.05, 3.63) is 35.4 Å². The molecule has 1 aromatic carbocycles. The molecule has 0 saturated carbocycles. The van der Waals surface area contributed by atoms with Crippen LogP contribution in [0.4, 0.5) is 0 Å². The molecule has 1 saturated heterocycles. The molecule has 0 spiro atoms. The number of piperidine rings is 1. The lowest BCUT2D eigenvalue weighted by molar-refractivity contribution is 0.111. The average molecular weight is 256 g/mol. The molecule has 1 aliphatic rings. The van der Waals surface area contributed by atoms with Crippen molar-refractivity contribution in [2.75, 3.05) is 19.6 Å². The van der Waals surface area contributed by atoms with E-state index in [1.165, 1.54) is 31.5 Å². The highest BCUT2D eigenvalue weighted by Gasteiger charge is 2.26. The van der Waals surface area contributed by atoms with Crippen molar-refractivity contribution in [2.45, 2.75) is 33.2 Å². The van der Waals surface area contributed by atoms with Crippen LogP contribution in [0.15, 0.2) is 24.3 Å². The Morgan fingerprint density at radius 2 is 2.11 bits per heavy atom. The summed E-state index contributed by atoms with van der Waals surface area (Å²) in [4.78, 5) is 2.55. The van der Waals surface area contributed by atoms with Gasteiger partial charge in [0.2, 0.25) is 0 Å². The van der Waals surface area contributed by atoms with Crippen LogP contribution < -0.4 is 5.73 Å². The Bertz CT molecular complexity index is 480. The first-order chi connectivity index (χ1) is 9.11. The summed E-state index contributed by atoms with van der Waals surface area (Å²) in [5.74, 6) is 6.14. The van der Waals surface area contributed by atoms with Crippen molar-refractivity contribution >= 4 is 0 Å². The molecule has 2 N–H and O–H groups in total. The van der Waals surface area contributed by atoms with Gasteiger partial charge in [0.1, 0.15) is 0 Å². The molecule has 2 heteroatoms. The van der Waals surface area contributed by atoms with Gasteiger partial charge in [-0.05, 0) is 36.4 Å². The van der Waals surface area contributed by atoms with Gasteiger partial charge in [0.25, 0.3) is 0 Å². The molecule has 1 fully saturated rings. The van der Waals surface area contributed by atoms with E-state index in [2.05, 4.69) is 48.8 Å². The maximum atomic E-state index is 5.46. The minimum Gasteiger partial charge on any atom is -0.320 e. The minimum absolute atomic E-state index is 0.422. The van der Waals surface area contributed by atoms with Crippen LogP contribution in [0.3, 0.4) is 0 Å². The van der Waals surface area contributed by atoms with E-state index in [9.17, 15) is 0 Å². The fraction of sp³-hybridized carbons (Fsp3) is 0.529. The van der Waals surface area contributed by atoms with E-state index < -0.39 is 0 Å². The number of rotatable bonds is 2. The molecule has 0 radical (unpaired) electrons. The third-order valence-electron chi connectivity index (χ3n) is 3.72. The molecular weight excluding hydrogens is 232 g/mol. The van der Waals surface area contributed by atoms with Gasteiger partial charge < -0.3 is 5.73 Å². The third kappa shape index (κ3) is 4.09. The molecule has 0 aromatic heterocycles. The van der Waals surface area contributed by atoms with E-state index in [0.717, 1.165) is 12.1 Å². The Morgan fingerprint density at radius 1 is 1.32 bits per heavy atom. The van der Waals surface area contributed by atoms with Crippen LogP contribution >= 0.6 is 0 Å². The van der Waals surface area contributed by atoms with Crippen molar-refractivity contribution in [1.82, 2.24) is 4.90 Å². The van der Waals surface area contributed by atoms with Crippen molar-refractivity contribution in [3.8, 4) is 11.8 Å². The topological polar surface area (TPSA) is 29.3 Å². The van der Waals surface area contributed by atoms with Gasteiger partial charge in [-0.2, -0.15) is 0 Å². The van der Waals surface area contributed by atoms with Gasteiger partial charge >= 0.3 is 0 Å². The zero-order valence-electron chi connectivity index (χ0n) is 12.1. The molecule has 1 heterocycles. The fourth-order valence-electron chi connectivity index (χ4n) is 2.85. The molecule has 2 nitrogen and oxygen atoms in total. The summed E-state index contributed by atoms with van der Waals surface area (Å²) < 4.78 is 0. The largest absolute Gasteiger partial charge is 0.320 e. The zero-order chi connectivity index (χ0) is 13.7. The highest BCUT2D eigenvalue weighted by molar-refractivity contribution is 5.41. The minimum atomic E-state index is 0.422. The molecule has 1 aromatic rings. The van der Waals surface area contributed by atoms with Gasteiger partial charge in [0.05, 0.1) is 6.54 Å². The van der Waals surface area contributed by atoms with E-state index in [0.29, 0.717) is 12.0 Å². The Hall–Kier alpha value is -1.30. The molecule has 0 bridgehead atoms. The Morgan fingerprint density at radius 3 is 2.84 bits per heavy atom. The van der Waals surface area contributed by atoms with Gasteiger partial charge in [-0.15, -0.1) is 0 Å². The first-order valence-electron chi connectivity index (χ1n) is 7.10. The summed E-state index contributed by atoms with van der Waals surface area (Å²) >= 11 is 0. The maximum absolute atomic E-state index is 5.46. The number of likely N-dealkylation sites (tertiary alicyclic amines) is 1. The van der Waals surface area contributed by atoms with E-state index in [-0.39, 0.29) is 0 Å². The van der Waals surface area contributed by atoms with E-state index in [4.69, 9.17) is 5.73 Å². The van der Waals surface area contributed by atoms with Gasteiger partial charge in [0, 0.05) is 18.7 Å². The average Bonchev–Trinajstić information content (AvgIpc) is 2.36. The summed E-state index contributed by atoms with van der Waals surface area (Å²) in [5, 5.41) is 0. The lowest BCUT2D eigenvalue weighted by atomic mass is 9.84. The van der Waals surface area contributed by atoms with Crippen LogP contribution in [0, 0.1) is 17.3 Å². The van der Waals surface area contributed by atoms with Gasteiger partial charge in [0.15, 0.2) is 0 Å². The zero-order valence-corrected chi connectivity index (χ0v) is 12.1. The summed E-state index contributed by atoms with van der Waals surface area (Å²) in [6.45, 7) is 8.51. The van der Waals surface area contributed by atoms with Gasteiger partial charge in [-0.1, -0.05) is 43.9 Å². The summed E-state index contributed by atoms with van der Waals surface area (Å²) in [6, 6.07) is 8.41. The number of benzene rings is 1. The second kappa shape index (κ2) is 6.23. The predicted octanol–water partition coefficient (Wildman–Crippen LogP) is 2.62. The molecule has 0 aliphatic carbocycles. The molecule has 2 rings (SSSR count). The van der Waals surface area contributed by atoms with Gasteiger partial charge in [-0.25, -0.2) is 0 Å². The molecular formula is C17H24N2. The molecule has 19 heavy (non-hydrogen) atoms. The summed E-state index contributed by atoms with van der Waals surface area (Å²) in [7, 11) is 0. The number of nitrogens with two attached hydrogens (primary N) is 1. The molecule has 0 atom stereocenters. The second-order valence-corrected chi connectivity index (χ2v) is 6.14. The number of nitrogens with zero attached hydrogens (tertiary/aromatic N) is 1. The summed E-state index contributed by atoms with van der Waals surface area (Å²) in [5.41, 5.74) is 8.34. The smallest absolute Gasteiger partial charge is 0.0555 e. The van der Waals surface area contributed by atoms with Crippen LogP contribution in [-0.4, -0.2) is 24.5 Å². The monoisotopic (exact) mass is 256 g/mol. The van der Waals surface area contributed by atoms with Crippen LogP contribution in [0.2, 0.25) is 0 Å². The lowest BCUT2D eigenvalue weighted by Crippen LogP contribution is -2.39. The predicted molar refractivity (Wildman–Crippen MR) is 80.7 cm³/mol. The molecule has 0 amide bonds. The standard InChI is InChI=1S/C17H24N2/c1-17(2)10-6-12-19(14-17)13-16-8-4-3-7-15(16)9-5-11-18/h3-4,7-8H,6,10-14,18H2,1-2H3. The maximum Gasteiger partial charge on any atom is 0.0555 e. The van der Waals surface area contributed by atoms with Crippen LogP contribution in [0.1, 0.15) is 37.8 Å². The van der Waals surface area contributed by atoms with Crippen LogP contribution in [0.25, 0.3) is 0 Å². The lowest BCUT2D eigenvalue weighted by Gasteiger charge is -2.38. The number of hydrogen-bond donors (Lipinski definition) is 1. The molecule has 0 unspecified atom stereocenters. The fourth-order valence-corrected chi connectivity index (χ4v) is 2.85. The Kier molecular flexibility index (Phi) is 4.63. The van der Waals surface area contributed by atoms with Crippen LogP contribution in [-0.2, 0) is 6.54 Å².